The second-order valence-corrected chi connectivity index (χ2v) is 4.75. The molecule has 0 aliphatic heterocycles. The third kappa shape index (κ3) is 6.05. The summed E-state index contributed by atoms with van der Waals surface area (Å²) in [6.07, 6.45) is 0.979. The Morgan fingerprint density at radius 2 is 1.84 bits per heavy atom. The summed E-state index contributed by atoms with van der Waals surface area (Å²) in [5.74, 6) is 0.361. The van der Waals surface area contributed by atoms with Crippen LogP contribution in [0, 0.1) is 6.92 Å². The Balaban J connectivity index is 2.61. The van der Waals surface area contributed by atoms with E-state index >= 15 is 0 Å². The highest BCUT2D eigenvalue weighted by molar-refractivity contribution is 5.35. The number of methoxy groups -OCH3 is 2. The molecule has 0 aliphatic rings. The summed E-state index contributed by atoms with van der Waals surface area (Å²) in [6, 6.07) is 5.71. The lowest BCUT2D eigenvalue weighted by molar-refractivity contribution is 0.128. The van der Waals surface area contributed by atoms with Crippen LogP contribution in [0.5, 0.6) is 5.75 Å². The molecule has 0 saturated heterocycles. The van der Waals surface area contributed by atoms with Crippen molar-refractivity contribution in [1.82, 2.24) is 4.90 Å². The van der Waals surface area contributed by atoms with Crippen molar-refractivity contribution in [1.29, 1.82) is 0 Å². The van der Waals surface area contributed by atoms with Crippen molar-refractivity contribution in [3.8, 4) is 5.75 Å². The third-order valence-electron chi connectivity index (χ3n) is 3.06. The van der Waals surface area contributed by atoms with Gasteiger partial charge in [-0.1, -0.05) is 17.7 Å². The van der Waals surface area contributed by atoms with Crippen molar-refractivity contribution >= 4 is 0 Å². The largest absolute Gasteiger partial charge is 0.508 e. The summed E-state index contributed by atoms with van der Waals surface area (Å²) < 4.78 is 10.2. The number of ether oxygens (including phenoxy) is 2. The zero-order chi connectivity index (χ0) is 14.1. The number of hydrogen-bond acceptors (Lipinski definition) is 4. The second-order valence-electron chi connectivity index (χ2n) is 4.75. The van der Waals surface area contributed by atoms with E-state index in [4.69, 9.17) is 9.47 Å². The third-order valence-corrected chi connectivity index (χ3v) is 3.06. The van der Waals surface area contributed by atoms with E-state index in [1.165, 1.54) is 0 Å². The molecule has 0 fully saturated rings. The van der Waals surface area contributed by atoms with Gasteiger partial charge in [-0.15, -0.1) is 0 Å². The molecule has 0 spiro atoms. The van der Waals surface area contributed by atoms with Crippen molar-refractivity contribution in [3.05, 3.63) is 29.3 Å². The Morgan fingerprint density at radius 1 is 1.11 bits per heavy atom. The van der Waals surface area contributed by atoms with Crippen molar-refractivity contribution in [2.45, 2.75) is 19.9 Å². The summed E-state index contributed by atoms with van der Waals surface area (Å²) in [5, 5.41) is 9.90. The van der Waals surface area contributed by atoms with Gasteiger partial charge in [0.1, 0.15) is 5.75 Å². The zero-order valence-corrected chi connectivity index (χ0v) is 12.2. The lowest BCUT2D eigenvalue weighted by Crippen LogP contribution is -2.28. The number of phenols is 1. The minimum atomic E-state index is 0.361. The monoisotopic (exact) mass is 267 g/mol. The van der Waals surface area contributed by atoms with Crippen LogP contribution in [-0.2, 0) is 16.0 Å². The highest BCUT2D eigenvalue weighted by Gasteiger charge is 2.09. The van der Waals surface area contributed by atoms with E-state index in [0.29, 0.717) is 12.4 Å². The summed E-state index contributed by atoms with van der Waals surface area (Å²) >= 11 is 0. The fourth-order valence-electron chi connectivity index (χ4n) is 2.00. The van der Waals surface area contributed by atoms with Gasteiger partial charge in [-0.25, -0.2) is 0 Å². The molecule has 0 amide bonds. The van der Waals surface area contributed by atoms with Crippen LogP contribution in [0.1, 0.15) is 17.5 Å². The van der Waals surface area contributed by atoms with Crippen molar-refractivity contribution in [3.63, 3.8) is 0 Å². The van der Waals surface area contributed by atoms with Gasteiger partial charge in [-0.05, 0) is 19.4 Å². The fourth-order valence-corrected chi connectivity index (χ4v) is 2.00. The molecule has 1 rings (SSSR count). The lowest BCUT2D eigenvalue weighted by atomic mass is 10.1. The Bertz CT molecular complexity index is 368. The number of benzene rings is 1. The molecule has 0 heterocycles. The highest BCUT2D eigenvalue weighted by atomic mass is 16.5. The molecular weight excluding hydrogens is 242 g/mol. The van der Waals surface area contributed by atoms with Gasteiger partial charge in [0.2, 0.25) is 0 Å². The van der Waals surface area contributed by atoms with E-state index in [1.54, 1.807) is 20.3 Å². The Labute approximate surface area is 115 Å². The predicted octanol–water partition coefficient (Wildman–Crippen LogP) is 2.19. The van der Waals surface area contributed by atoms with Gasteiger partial charge in [-0.2, -0.15) is 0 Å². The number of nitrogens with zero attached hydrogens (tertiary/aromatic N) is 1. The van der Waals surface area contributed by atoms with E-state index < -0.39 is 0 Å². The molecule has 0 aromatic heterocycles. The molecule has 1 aromatic rings. The van der Waals surface area contributed by atoms with E-state index in [-0.39, 0.29) is 0 Å². The van der Waals surface area contributed by atoms with E-state index in [1.807, 2.05) is 19.1 Å². The first kappa shape index (κ1) is 16.0. The summed E-state index contributed by atoms with van der Waals surface area (Å²) in [7, 11) is 3.42. The Hall–Kier alpha value is -1.10. The Kier molecular flexibility index (Phi) is 7.48. The molecular formula is C15H25NO3. The number of hydrogen-bond donors (Lipinski definition) is 1. The van der Waals surface area contributed by atoms with E-state index in [2.05, 4.69) is 4.90 Å². The second kappa shape index (κ2) is 8.91. The quantitative estimate of drug-likeness (QED) is 0.696. The first-order valence-corrected chi connectivity index (χ1v) is 6.66. The molecule has 0 radical (unpaired) electrons. The maximum Gasteiger partial charge on any atom is 0.120 e. The van der Waals surface area contributed by atoms with Crippen LogP contribution in [0.25, 0.3) is 0 Å². The predicted molar refractivity (Wildman–Crippen MR) is 76.5 cm³/mol. The average Bonchev–Trinajstić information content (AvgIpc) is 2.40. The summed E-state index contributed by atoms with van der Waals surface area (Å²) in [5.41, 5.74) is 2.13. The van der Waals surface area contributed by atoms with Crippen LogP contribution >= 0.6 is 0 Å². The van der Waals surface area contributed by atoms with Gasteiger partial charge in [0.25, 0.3) is 0 Å². The molecule has 4 nitrogen and oxygen atoms in total. The molecule has 0 bridgehead atoms. The fraction of sp³-hybridized carbons (Fsp3) is 0.600. The van der Waals surface area contributed by atoms with Gasteiger partial charge in [-0.3, -0.25) is 4.90 Å². The number of aryl methyl sites for hydroxylation is 1. The summed E-state index contributed by atoms with van der Waals surface area (Å²) in [4.78, 5) is 2.27. The van der Waals surface area contributed by atoms with Gasteiger partial charge >= 0.3 is 0 Å². The number of aromatic hydroxyl groups is 1. The Morgan fingerprint density at radius 3 is 2.53 bits per heavy atom. The smallest absolute Gasteiger partial charge is 0.120 e. The van der Waals surface area contributed by atoms with Crippen molar-refractivity contribution in [2.75, 3.05) is 40.5 Å². The zero-order valence-electron chi connectivity index (χ0n) is 12.2. The van der Waals surface area contributed by atoms with E-state index in [9.17, 15) is 5.11 Å². The maximum absolute atomic E-state index is 9.90. The molecule has 0 atom stereocenters. The maximum atomic E-state index is 9.90. The number of phenolic OH excluding ortho intramolecular Hbond substituents is 1. The SMILES string of the molecule is COCCCN(CCOC)Cc1cc(C)ccc1O. The van der Waals surface area contributed by atoms with Gasteiger partial charge in [0.05, 0.1) is 6.61 Å². The van der Waals surface area contributed by atoms with Crippen LogP contribution in [0.2, 0.25) is 0 Å². The lowest BCUT2D eigenvalue weighted by Gasteiger charge is -2.22. The van der Waals surface area contributed by atoms with E-state index in [0.717, 1.165) is 43.8 Å². The molecule has 4 heteroatoms. The molecule has 0 unspecified atom stereocenters. The van der Waals surface area contributed by atoms with Crippen LogP contribution < -0.4 is 0 Å². The number of rotatable bonds is 9. The standard InChI is InChI=1S/C15H25NO3/c1-13-5-6-15(17)14(11-13)12-16(8-10-19-3)7-4-9-18-2/h5-6,11,17H,4,7-10,12H2,1-3H3. The highest BCUT2D eigenvalue weighted by Crippen LogP contribution is 2.20. The first-order valence-electron chi connectivity index (χ1n) is 6.66. The molecule has 19 heavy (non-hydrogen) atoms. The van der Waals surface area contributed by atoms with Crippen LogP contribution in [0.15, 0.2) is 18.2 Å². The van der Waals surface area contributed by atoms with Gasteiger partial charge < -0.3 is 14.6 Å². The topological polar surface area (TPSA) is 41.9 Å². The molecule has 1 aromatic carbocycles. The van der Waals surface area contributed by atoms with Crippen LogP contribution in [0.3, 0.4) is 0 Å². The first-order chi connectivity index (χ1) is 9.17. The van der Waals surface area contributed by atoms with Crippen molar-refractivity contribution < 1.29 is 14.6 Å². The minimum absolute atomic E-state index is 0.361. The van der Waals surface area contributed by atoms with Gasteiger partial charge in [0, 0.05) is 46.0 Å². The molecule has 1 N–H and O–H groups in total. The van der Waals surface area contributed by atoms with Crippen molar-refractivity contribution in [2.24, 2.45) is 0 Å². The molecule has 0 aliphatic carbocycles. The summed E-state index contributed by atoms with van der Waals surface area (Å²) in [6.45, 7) is 6.01. The van der Waals surface area contributed by atoms with Crippen LogP contribution in [-0.4, -0.2) is 50.5 Å². The average molecular weight is 267 g/mol. The minimum Gasteiger partial charge on any atom is -0.508 e. The molecule has 108 valence electrons. The van der Waals surface area contributed by atoms with Gasteiger partial charge in [0.15, 0.2) is 0 Å². The van der Waals surface area contributed by atoms with Crippen LogP contribution in [0.4, 0.5) is 0 Å². The normalized spacial score (nSPS) is 11.2. The molecule has 0 saturated carbocycles.